The molecule has 1 atom stereocenters. The van der Waals surface area contributed by atoms with Gasteiger partial charge in [-0.05, 0) is 32.1 Å². The number of carbonyl (C=O) groups is 2. The molecule has 3 heterocycles. The van der Waals surface area contributed by atoms with Crippen molar-refractivity contribution in [1.29, 1.82) is 0 Å². The van der Waals surface area contributed by atoms with Gasteiger partial charge in [0.15, 0.2) is 0 Å². The summed E-state index contributed by atoms with van der Waals surface area (Å²) in [6.07, 6.45) is 7.71. The van der Waals surface area contributed by atoms with Gasteiger partial charge in [-0.1, -0.05) is 12.8 Å². The molecule has 3 amide bonds. The molecule has 6 heteroatoms. The topological polar surface area (TPSA) is 53.1 Å². The molecule has 0 bridgehead atoms. The molecular weight excluding hydrogens is 306 g/mol. The lowest BCUT2D eigenvalue weighted by Gasteiger charge is -2.42. The van der Waals surface area contributed by atoms with Crippen molar-refractivity contribution < 1.29 is 14.3 Å². The molecule has 134 valence electrons. The van der Waals surface area contributed by atoms with E-state index in [1.165, 1.54) is 12.8 Å². The normalized spacial score (nSPS) is 32.2. The molecule has 4 aliphatic rings. The van der Waals surface area contributed by atoms with Crippen LogP contribution in [0.3, 0.4) is 0 Å². The van der Waals surface area contributed by atoms with Crippen molar-refractivity contribution in [1.82, 2.24) is 14.7 Å². The molecule has 0 aromatic carbocycles. The fourth-order valence-corrected chi connectivity index (χ4v) is 5.03. The van der Waals surface area contributed by atoms with Gasteiger partial charge in [0.05, 0.1) is 18.6 Å². The molecule has 1 spiro atoms. The second kappa shape index (κ2) is 6.54. The third-order valence-corrected chi connectivity index (χ3v) is 6.44. The van der Waals surface area contributed by atoms with E-state index in [4.69, 9.17) is 4.74 Å². The Kier molecular flexibility index (Phi) is 4.41. The molecule has 4 fully saturated rings. The van der Waals surface area contributed by atoms with Gasteiger partial charge >= 0.3 is 6.03 Å². The molecule has 0 unspecified atom stereocenters. The van der Waals surface area contributed by atoms with E-state index in [1.807, 2.05) is 9.80 Å². The summed E-state index contributed by atoms with van der Waals surface area (Å²) in [6, 6.07) is 0.555. The van der Waals surface area contributed by atoms with E-state index >= 15 is 0 Å². The van der Waals surface area contributed by atoms with E-state index < -0.39 is 0 Å². The third-order valence-electron chi connectivity index (χ3n) is 6.44. The number of urea groups is 1. The van der Waals surface area contributed by atoms with Gasteiger partial charge in [0.1, 0.15) is 0 Å². The van der Waals surface area contributed by atoms with Gasteiger partial charge < -0.3 is 19.4 Å². The first-order valence-corrected chi connectivity index (χ1v) is 9.62. The zero-order valence-corrected chi connectivity index (χ0v) is 14.5. The van der Waals surface area contributed by atoms with E-state index in [2.05, 4.69) is 4.90 Å². The quantitative estimate of drug-likeness (QED) is 0.733. The minimum Gasteiger partial charge on any atom is -0.378 e. The Morgan fingerprint density at radius 2 is 1.71 bits per heavy atom. The van der Waals surface area contributed by atoms with Crippen LogP contribution in [-0.4, -0.2) is 78.6 Å². The Morgan fingerprint density at radius 3 is 2.46 bits per heavy atom. The van der Waals surface area contributed by atoms with Crippen LogP contribution >= 0.6 is 0 Å². The number of ether oxygens (including phenoxy) is 1. The molecular formula is C18H29N3O3. The van der Waals surface area contributed by atoms with Crippen LogP contribution in [0.1, 0.15) is 44.9 Å². The maximum atomic E-state index is 13.2. The van der Waals surface area contributed by atoms with E-state index in [-0.39, 0.29) is 11.4 Å². The van der Waals surface area contributed by atoms with Gasteiger partial charge in [0.2, 0.25) is 5.91 Å². The maximum Gasteiger partial charge on any atom is 0.320 e. The maximum absolute atomic E-state index is 13.2. The molecule has 3 saturated heterocycles. The van der Waals surface area contributed by atoms with Crippen LogP contribution in [0.25, 0.3) is 0 Å². The summed E-state index contributed by atoms with van der Waals surface area (Å²) in [5.41, 5.74) is -0.303. The van der Waals surface area contributed by atoms with E-state index in [0.29, 0.717) is 44.8 Å². The zero-order chi connectivity index (χ0) is 16.6. The highest BCUT2D eigenvalue weighted by atomic mass is 16.5. The van der Waals surface area contributed by atoms with E-state index in [1.54, 1.807) is 0 Å². The van der Waals surface area contributed by atoms with Crippen LogP contribution in [0.15, 0.2) is 0 Å². The van der Waals surface area contributed by atoms with Crippen LogP contribution in [0, 0.1) is 5.41 Å². The molecule has 24 heavy (non-hydrogen) atoms. The molecule has 6 nitrogen and oxygen atoms in total. The number of likely N-dealkylation sites (tertiary alicyclic amines) is 2. The number of carbonyl (C=O) groups excluding carboxylic acids is 2. The van der Waals surface area contributed by atoms with Crippen LogP contribution in [0.4, 0.5) is 4.79 Å². The van der Waals surface area contributed by atoms with Gasteiger partial charge in [-0.15, -0.1) is 0 Å². The molecule has 1 saturated carbocycles. The summed E-state index contributed by atoms with van der Waals surface area (Å²) >= 11 is 0. The highest BCUT2D eigenvalue weighted by Gasteiger charge is 2.51. The number of amides is 3. The van der Waals surface area contributed by atoms with Crippen molar-refractivity contribution in [3.63, 3.8) is 0 Å². The van der Waals surface area contributed by atoms with Crippen molar-refractivity contribution >= 4 is 11.9 Å². The highest BCUT2D eigenvalue weighted by Crippen LogP contribution is 2.42. The second-order valence-electron chi connectivity index (χ2n) is 7.87. The average Bonchev–Trinajstić information content (AvgIpc) is 3.29. The van der Waals surface area contributed by atoms with Crippen LogP contribution in [0.2, 0.25) is 0 Å². The van der Waals surface area contributed by atoms with Crippen molar-refractivity contribution in [2.75, 3.05) is 45.9 Å². The van der Waals surface area contributed by atoms with Gasteiger partial charge in [0.25, 0.3) is 0 Å². The summed E-state index contributed by atoms with van der Waals surface area (Å²) in [5, 5.41) is 0. The molecule has 4 rings (SSSR count). The van der Waals surface area contributed by atoms with Crippen molar-refractivity contribution in [3.8, 4) is 0 Å². The number of hydrogen-bond donors (Lipinski definition) is 0. The Morgan fingerprint density at radius 1 is 0.958 bits per heavy atom. The van der Waals surface area contributed by atoms with Crippen molar-refractivity contribution in [2.45, 2.75) is 51.0 Å². The average molecular weight is 335 g/mol. The standard InChI is InChI=1S/C18H29N3O3/c22-16-18(6-3-8-21(16)15-4-1-2-5-15)7-9-20(14-18)17(23)19-10-12-24-13-11-19/h15H,1-14H2/t18-/m0/s1. The molecule has 3 aliphatic heterocycles. The zero-order valence-electron chi connectivity index (χ0n) is 14.5. The van der Waals surface area contributed by atoms with E-state index in [0.717, 1.165) is 45.2 Å². The fraction of sp³-hybridized carbons (Fsp3) is 0.889. The van der Waals surface area contributed by atoms with Crippen LogP contribution in [-0.2, 0) is 9.53 Å². The molecule has 1 aliphatic carbocycles. The minimum absolute atomic E-state index is 0.0981. The molecule has 0 N–H and O–H groups in total. The van der Waals surface area contributed by atoms with Crippen molar-refractivity contribution in [3.05, 3.63) is 0 Å². The molecule has 0 aromatic rings. The van der Waals surface area contributed by atoms with Crippen LogP contribution < -0.4 is 0 Å². The largest absolute Gasteiger partial charge is 0.378 e. The Labute approximate surface area is 144 Å². The first kappa shape index (κ1) is 16.2. The lowest BCUT2D eigenvalue weighted by Crippen LogP contribution is -2.54. The fourth-order valence-electron chi connectivity index (χ4n) is 5.03. The van der Waals surface area contributed by atoms with Gasteiger partial charge in [-0.2, -0.15) is 0 Å². The first-order valence-electron chi connectivity index (χ1n) is 9.62. The minimum atomic E-state index is -0.303. The molecule has 0 aromatic heterocycles. The Balaban J connectivity index is 1.43. The smallest absolute Gasteiger partial charge is 0.320 e. The van der Waals surface area contributed by atoms with E-state index in [9.17, 15) is 9.59 Å². The van der Waals surface area contributed by atoms with Crippen molar-refractivity contribution in [2.24, 2.45) is 5.41 Å². The summed E-state index contributed by atoms with van der Waals surface area (Å²) < 4.78 is 5.34. The second-order valence-corrected chi connectivity index (χ2v) is 7.87. The summed E-state index contributed by atoms with van der Waals surface area (Å²) in [5.74, 6) is 0.331. The lowest BCUT2D eigenvalue weighted by molar-refractivity contribution is -0.148. The number of nitrogens with zero attached hydrogens (tertiary/aromatic N) is 3. The predicted molar refractivity (Wildman–Crippen MR) is 89.6 cm³/mol. The monoisotopic (exact) mass is 335 g/mol. The van der Waals surface area contributed by atoms with Gasteiger partial charge in [0, 0.05) is 38.8 Å². The number of morpholine rings is 1. The highest BCUT2D eigenvalue weighted by molar-refractivity contribution is 5.86. The number of hydrogen-bond acceptors (Lipinski definition) is 3. The third kappa shape index (κ3) is 2.79. The van der Waals surface area contributed by atoms with Crippen LogP contribution in [0.5, 0.6) is 0 Å². The molecule has 0 radical (unpaired) electrons. The lowest BCUT2D eigenvalue weighted by atomic mass is 9.77. The Bertz CT molecular complexity index is 500. The SMILES string of the molecule is O=C(N1CCOCC1)N1CC[C@@]2(CCCN(C3CCCC3)C2=O)C1. The first-order chi connectivity index (χ1) is 11.7. The summed E-state index contributed by atoms with van der Waals surface area (Å²) in [6.45, 7) is 4.85. The number of piperidine rings is 1. The van der Waals surface area contributed by atoms with Gasteiger partial charge in [-0.25, -0.2) is 4.79 Å². The van der Waals surface area contributed by atoms with Gasteiger partial charge in [-0.3, -0.25) is 4.79 Å². The Hall–Kier alpha value is -1.30. The summed E-state index contributed by atoms with van der Waals surface area (Å²) in [4.78, 5) is 31.9. The summed E-state index contributed by atoms with van der Waals surface area (Å²) in [7, 11) is 0. The predicted octanol–water partition coefficient (Wildman–Crippen LogP) is 1.70. The number of rotatable bonds is 1.